The van der Waals surface area contributed by atoms with Crippen molar-refractivity contribution < 1.29 is 16.4 Å². The molecule has 0 spiro atoms. The summed E-state index contributed by atoms with van der Waals surface area (Å²) in [5, 5.41) is 0. The number of ether oxygens (including phenoxy) is 1. The van der Waals surface area contributed by atoms with Crippen molar-refractivity contribution >= 4 is 5.78 Å². The van der Waals surface area contributed by atoms with Crippen molar-refractivity contribution in [2.24, 2.45) is 5.73 Å². The molecule has 4 heteroatoms. The number of carbonyl (C=O) groups excluding carboxylic acids is 1. The maximum Gasteiger partial charge on any atom is 0.148 e. The molecule has 0 aliphatic heterocycles. The average Bonchev–Trinajstić information content (AvgIpc) is 1.67. The Morgan fingerprint density at radius 1 is 1.89 bits per heavy atom. The van der Waals surface area contributed by atoms with E-state index in [9.17, 15) is 4.79 Å². The zero-order valence-electron chi connectivity index (χ0n) is 5.68. The first kappa shape index (κ1) is 11.4. The highest BCUT2D eigenvalue weighted by Crippen LogP contribution is 1.79. The molecule has 0 aromatic carbocycles. The molecule has 0 heterocycles. The van der Waals surface area contributed by atoms with E-state index in [2.05, 4.69) is 4.74 Å². The third kappa shape index (κ3) is 5.42. The molecule has 9 heavy (non-hydrogen) atoms. The Morgan fingerprint density at radius 3 is 2.44 bits per heavy atom. The zero-order valence-corrected chi connectivity index (χ0v) is 5.68. The maximum atomic E-state index is 10.3. The van der Waals surface area contributed by atoms with Crippen molar-refractivity contribution in [2.45, 2.75) is 13.0 Å². The molecule has 0 fully saturated rings. The van der Waals surface area contributed by atoms with Gasteiger partial charge in [0.05, 0.1) is 12.6 Å². The number of ketones is 1. The van der Waals surface area contributed by atoms with Crippen LogP contribution in [0.4, 0.5) is 0 Å². The van der Waals surface area contributed by atoms with Gasteiger partial charge in [-0.3, -0.25) is 4.79 Å². The van der Waals surface area contributed by atoms with Crippen molar-refractivity contribution in [3.05, 3.63) is 0 Å². The van der Waals surface area contributed by atoms with Gasteiger partial charge in [-0.15, -0.1) is 0 Å². The predicted molar refractivity (Wildman–Crippen MR) is 36.3 cm³/mol. The van der Waals surface area contributed by atoms with Crippen molar-refractivity contribution in [3.8, 4) is 0 Å². The second kappa shape index (κ2) is 5.68. The molecule has 4 nitrogen and oxygen atoms in total. The van der Waals surface area contributed by atoms with E-state index in [0.717, 1.165) is 0 Å². The lowest BCUT2D eigenvalue weighted by atomic mass is 10.2. The van der Waals surface area contributed by atoms with Crippen LogP contribution in [0.5, 0.6) is 0 Å². The summed E-state index contributed by atoms with van der Waals surface area (Å²) in [5.74, 6) is -0.0353. The summed E-state index contributed by atoms with van der Waals surface area (Å²) in [6.07, 6.45) is 0. The van der Waals surface area contributed by atoms with E-state index < -0.39 is 6.04 Å². The molecule has 0 aliphatic carbocycles. The minimum atomic E-state index is -0.444. The largest absolute Gasteiger partial charge is 0.412 e. The van der Waals surface area contributed by atoms with Gasteiger partial charge in [0, 0.05) is 8.54 Å². The molecule has 0 aromatic rings. The lowest BCUT2D eigenvalue weighted by molar-refractivity contribution is -0.119. The van der Waals surface area contributed by atoms with Crippen molar-refractivity contribution in [3.63, 3.8) is 0 Å². The zero-order chi connectivity index (χ0) is 6.57. The number of hydrogen-bond acceptors (Lipinski definition) is 3. The number of carbonyl (C=O) groups is 1. The Bertz CT molecular complexity index is 89.0. The average molecular weight is 137 g/mol. The van der Waals surface area contributed by atoms with Crippen LogP contribution in [0.25, 0.3) is 0 Å². The molecule has 0 saturated heterocycles. The summed E-state index contributed by atoms with van der Waals surface area (Å²) >= 11 is 0. The Labute approximate surface area is 55.8 Å². The van der Waals surface area contributed by atoms with Crippen LogP contribution in [0.15, 0.2) is 0 Å². The van der Waals surface area contributed by atoms with Crippen LogP contribution in [0.1, 0.15) is 8.35 Å². The number of rotatable bonds is 3. The molecule has 0 aliphatic rings. The highest BCUT2D eigenvalue weighted by Gasteiger charge is 2.04. The summed E-state index contributed by atoms with van der Waals surface area (Å²) in [6, 6.07) is -0.444. The maximum absolute atomic E-state index is 10.3. The molecule has 0 amide bonds. The summed E-state index contributed by atoms with van der Waals surface area (Å²) in [4.78, 5) is 10.3. The highest BCUT2D eigenvalue weighted by molar-refractivity contribution is 5.81. The summed E-state index contributed by atoms with van der Waals surface area (Å²) in [5.41, 5.74) is 5.25. The number of Topliss-reactive ketones (excluding diaryl/α,β-unsaturated/α-hetero) is 1. The highest BCUT2D eigenvalue weighted by atomic mass is 16.5. The van der Waals surface area contributed by atoms with Crippen LogP contribution in [0.2, 0.25) is 0 Å². The van der Waals surface area contributed by atoms with E-state index in [-0.39, 0.29) is 12.7 Å². The van der Waals surface area contributed by atoms with Crippen LogP contribution in [-0.4, -0.2) is 31.0 Å². The summed E-state index contributed by atoms with van der Waals surface area (Å²) in [6.45, 7) is 1.76. The topological polar surface area (TPSA) is 83.8 Å². The normalized spacial score (nSPS) is 11.9. The van der Waals surface area contributed by atoms with Gasteiger partial charge in [-0.1, -0.05) is 0 Å². The second-order valence-electron chi connectivity index (χ2n) is 1.67. The van der Waals surface area contributed by atoms with Crippen LogP contribution in [0.3, 0.4) is 0 Å². The molecule has 0 aromatic heterocycles. The number of methoxy groups -OCH3 is 1. The molecule has 1 atom stereocenters. The minimum absolute atomic E-state index is 0. The molecule has 0 unspecified atom stereocenters. The second-order valence-corrected chi connectivity index (χ2v) is 1.67. The standard InChI is InChI=1S/C5H11NO2.H2O.H2/c1-4(7)5(6)3-8-2;;/h5H,3,6H2,1-2H3;1H2;1H/t5-;;/m1../s1. The van der Waals surface area contributed by atoms with E-state index >= 15 is 0 Å². The van der Waals surface area contributed by atoms with Crippen molar-refractivity contribution in [2.75, 3.05) is 13.7 Å². The molecule has 0 saturated carbocycles. The fourth-order valence-electron chi connectivity index (χ4n) is 0.297. The molecular formula is C5H15NO3. The first-order valence-corrected chi connectivity index (χ1v) is 2.43. The van der Waals surface area contributed by atoms with Gasteiger partial charge in [-0.25, -0.2) is 0 Å². The first-order chi connectivity index (χ1) is 3.68. The van der Waals surface area contributed by atoms with E-state index in [0.29, 0.717) is 6.61 Å². The van der Waals surface area contributed by atoms with Gasteiger partial charge in [-0.05, 0) is 6.92 Å². The molecule has 0 bridgehead atoms. The van der Waals surface area contributed by atoms with Crippen molar-refractivity contribution in [1.82, 2.24) is 0 Å². The third-order valence-corrected chi connectivity index (χ3v) is 0.868. The van der Waals surface area contributed by atoms with Crippen LogP contribution in [0, 0.1) is 0 Å². The summed E-state index contributed by atoms with van der Waals surface area (Å²) in [7, 11) is 1.52. The summed E-state index contributed by atoms with van der Waals surface area (Å²) < 4.78 is 4.62. The van der Waals surface area contributed by atoms with Gasteiger partial charge < -0.3 is 15.9 Å². The Hall–Kier alpha value is -0.450. The number of nitrogens with two attached hydrogens (primary N) is 1. The molecular weight excluding hydrogens is 122 g/mol. The van der Waals surface area contributed by atoms with E-state index in [4.69, 9.17) is 5.73 Å². The van der Waals surface area contributed by atoms with Crippen molar-refractivity contribution in [1.29, 1.82) is 0 Å². The van der Waals surface area contributed by atoms with Gasteiger partial charge in [0.2, 0.25) is 0 Å². The lowest BCUT2D eigenvalue weighted by Gasteiger charge is -2.03. The van der Waals surface area contributed by atoms with E-state index in [1.165, 1.54) is 14.0 Å². The molecule has 58 valence electrons. The van der Waals surface area contributed by atoms with Gasteiger partial charge in [0.25, 0.3) is 0 Å². The van der Waals surface area contributed by atoms with Crippen LogP contribution < -0.4 is 5.73 Å². The van der Waals surface area contributed by atoms with Gasteiger partial charge in [-0.2, -0.15) is 0 Å². The van der Waals surface area contributed by atoms with E-state index in [1.54, 1.807) is 0 Å². The van der Waals surface area contributed by atoms with Gasteiger partial charge >= 0.3 is 0 Å². The Morgan fingerprint density at radius 2 is 2.33 bits per heavy atom. The SMILES string of the molecule is COC[C@@H](N)C(C)=O.O.[HH]. The monoisotopic (exact) mass is 137 g/mol. The lowest BCUT2D eigenvalue weighted by Crippen LogP contribution is -2.32. The van der Waals surface area contributed by atoms with Gasteiger partial charge in [0.1, 0.15) is 5.78 Å². The fraction of sp³-hybridized carbons (Fsp3) is 0.800. The third-order valence-electron chi connectivity index (χ3n) is 0.868. The molecule has 4 N–H and O–H groups in total. The quantitative estimate of drug-likeness (QED) is 0.539. The Kier molecular flexibility index (Phi) is 7.17. The fourth-order valence-corrected chi connectivity index (χ4v) is 0.297. The van der Waals surface area contributed by atoms with Gasteiger partial charge in [0.15, 0.2) is 0 Å². The Balaban J connectivity index is -0.000000245. The van der Waals surface area contributed by atoms with Crippen LogP contribution >= 0.6 is 0 Å². The minimum Gasteiger partial charge on any atom is -0.412 e. The smallest absolute Gasteiger partial charge is 0.148 e. The van der Waals surface area contributed by atoms with E-state index in [1.807, 2.05) is 0 Å². The predicted octanol–water partition coefficient (Wildman–Crippen LogP) is -1.03. The number of hydrogen-bond donors (Lipinski definition) is 1. The van der Waals surface area contributed by atoms with Crippen LogP contribution in [-0.2, 0) is 9.53 Å². The molecule has 0 rings (SSSR count). The molecule has 0 radical (unpaired) electrons. The first-order valence-electron chi connectivity index (χ1n) is 2.43.